The third kappa shape index (κ3) is 13.5. The highest BCUT2D eigenvalue weighted by atomic mass is 32.2. The maximum absolute atomic E-state index is 13.1. The van der Waals surface area contributed by atoms with Crippen molar-refractivity contribution in [3.05, 3.63) is 60.7 Å². The highest BCUT2D eigenvalue weighted by Gasteiger charge is 2.43. The highest BCUT2D eigenvalue weighted by Crippen LogP contribution is 2.32. The molecule has 2 unspecified atom stereocenters. The molecule has 1 aliphatic rings. The molecule has 286 valence electrons. The van der Waals surface area contributed by atoms with E-state index < -0.39 is 43.9 Å². The van der Waals surface area contributed by atoms with Gasteiger partial charge in [-0.05, 0) is 56.9 Å². The minimum absolute atomic E-state index is 0.0102. The Morgan fingerprint density at radius 3 is 1.65 bits per heavy atom. The maximum atomic E-state index is 13.1. The van der Waals surface area contributed by atoms with Gasteiger partial charge in [0.2, 0.25) is 0 Å². The van der Waals surface area contributed by atoms with Crippen LogP contribution in [-0.4, -0.2) is 83.8 Å². The van der Waals surface area contributed by atoms with Crippen LogP contribution in [0.25, 0.3) is 0 Å². The van der Waals surface area contributed by atoms with Crippen molar-refractivity contribution in [2.75, 3.05) is 19.0 Å². The summed E-state index contributed by atoms with van der Waals surface area (Å²) in [7, 11) is -8.26. The molecule has 52 heavy (non-hydrogen) atoms. The summed E-state index contributed by atoms with van der Waals surface area (Å²) in [5.41, 5.74) is 3.12. The molecule has 0 bridgehead atoms. The van der Waals surface area contributed by atoms with Crippen LogP contribution >= 0.6 is 11.8 Å². The number of thioether (sulfide) groups is 1. The van der Waals surface area contributed by atoms with Crippen LogP contribution in [0.3, 0.4) is 0 Å². The average Bonchev–Trinajstić information content (AvgIpc) is 3.14. The van der Waals surface area contributed by atoms with E-state index in [4.69, 9.17) is 14.9 Å². The van der Waals surface area contributed by atoms with Crippen LogP contribution in [0.1, 0.15) is 66.7 Å². The number of carbonyl (C=O) groups is 2. The monoisotopic (exact) mass is 780 g/mol. The Morgan fingerprint density at radius 1 is 0.788 bits per heavy atom. The Morgan fingerprint density at radius 2 is 1.23 bits per heavy atom. The molecule has 1 aliphatic carbocycles. The quantitative estimate of drug-likeness (QED) is 0.116. The van der Waals surface area contributed by atoms with Gasteiger partial charge >= 0.3 is 0 Å². The van der Waals surface area contributed by atoms with Crippen LogP contribution in [0.5, 0.6) is 0 Å². The van der Waals surface area contributed by atoms with Gasteiger partial charge in [0.05, 0.1) is 9.79 Å². The van der Waals surface area contributed by atoms with E-state index in [0.29, 0.717) is 21.8 Å². The van der Waals surface area contributed by atoms with Crippen molar-refractivity contribution in [1.82, 2.24) is 19.9 Å². The zero-order valence-corrected chi connectivity index (χ0v) is 32.4. The van der Waals surface area contributed by atoms with Crippen molar-refractivity contribution in [3.63, 3.8) is 0 Å². The number of amides is 2. The van der Waals surface area contributed by atoms with Gasteiger partial charge in [-0.3, -0.25) is 29.7 Å². The first kappa shape index (κ1) is 44.7. The van der Waals surface area contributed by atoms with E-state index in [9.17, 15) is 31.6 Å². The molecule has 0 saturated heterocycles. The van der Waals surface area contributed by atoms with Gasteiger partial charge in [0.1, 0.15) is 25.3 Å². The van der Waals surface area contributed by atoms with Gasteiger partial charge in [0, 0.05) is 10.5 Å². The predicted octanol–water partition coefficient (Wildman–Crippen LogP) is 4.12. The van der Waals surface area contributed by atoms with Crippen LogP contribution in [0.2, 0.25) is 0 Å². The molecule has 1 saturated carbocycles. The van der Waals surface area contributed by atoms with E-state index in [0.717, 1.165) is 19.3 Å². The zero-order valence-electron chi connectivity index (χ0n) is 29.9. The van der Waals surface area contributed by atoms with Crippen LogP contribution in [0.4, 0.5) is 0 Å². The first-order chi connectivity index (χ1) is 24.6. The first-order valence-corrected chi connectivity index (χ1v) is 20.3. The molecule has 2 atom stereocenters. The fraction of sp³-hybridized carbons (Fsp3) is 0.486. The van der Waals surface area contributed by atoms with Crippen molar-refractivity contribution in [2.24, 2.45) is 5.92 Å². The summed E-state index contributed by atoms with van der Waals surface area (Å²) in [6.45, 7) is 8.62. The Balaban J connectivity index is 0.000000360. The molecule has 1 fully saturated rings. The second-order valence-corrected chi connectivity index (χ2v) is 17.7. The molecule has 4 N–H and O–H groups in total. The third-order valence-electron chi connectivity index (χ3n) is 7.48. The SMILES string of the molecule is CC#CCON(C(C(=O)NO)C1CCCCC1)S(=O)(=O)c1ccccc1.CC#CCON(C(CSC(C)(C)C)C(=O)NO)S(=O)(=O)c1ccccc1. The lowest BCUT2D eigenvalue weighted by Crippen LogP contribution is -2.53. The van der Waals surface area contributed by atoms with Gasteiger partial charge in [0.15, 0.2) is 0 Å². The standard InChI is InChI=1S/C18H24N2O5S.C17H24N2O5S2/c1-2-3-14-25-20(26(23,24)16-12-8-5-9-13-16)17(18(21)19-22)15-10-6-4-7-11-15;1-5-6-12-24-19(26(22,23)14-10-8-7-9-11-14)15(16(20)18-21)13-25-17(2,3)4/h5,8-9,12-13,15,17,22H,4,6-7,10-11,14H2,1H3,(H,19,21);7-11,15,21H,12-13H2,1-4H3,(H,18,20). The molecule has 3 rings (SSSR count). The Hall–Kier alpha value is -3.49. The van der Waals surface area contributed by atoms with Crippen LogP contribution in [0.15, 0.2) is 70.5 Å². The lowest BCUT2D eigenvalue weighted by atomic mass is 9.84. The second-order valence-electron chi connectivity index (χ2n) is 12.3. The molecule has 0 heterocycles. The molecule has 2 amide bonds. The summed E-state index contributed by atoms with van der Waals surface area (Å²) in [4.78, 5) is 35.3. The summed E-state index contributed by atoms with van der Waals surface area (Å²) < 4.78 is 53.3. The van der Waals surface area contributed by atoms with Gasteiger partial charge in [-0.15, -0.1) is 11.8 Å². The van der Waals surface area contributed by atoms with Gasteiger partial charge in [-0.25, -0.2) is 27.8 Å². The van der Waals surface area contributed by atoms with Crippen molar-refractivity contribution in [2.45, 2.75) is 93.3 Å². The Labute approximate surface area is 311 Å². The molecule has 0 spiro atoms. The molecule has 2 aromatic rings. The van der Waals surface area contributed by atoms with Crippen molar-refractivity contribution in [3.8, 4) is 23.7 Å². The van der Waals surface area contributed by atoms with E-state index in [1.54, 1.807) is 55.7 Å². The minimum atomic E-state index is -4.15. The van der Waals surface area contributed by atoms with Crippen molar-refractivity contribution >= 4 is 43.6 Å². The summed E-state index contributed by atoms with van der Waals surface area (Å²) >= 11 is 1.37. The normalized spacial score (nSPS) is 14.8. The molecular formula is C35H48N4O10S3. The van der Waals surface area contributed by atoms with Gasteiger partial charge < -0.3 is 0 Å². The maximum Gasteiger partial charge on any atom is 0.265 e. The van der Waals surface area contributed by atoms with Crippen LogP contribution in [0, 0.1) is 29.6 Å². The fourth-order valence-electron chi connectivity index (χ4n) is 4.99. The topological polar surface area (TPSA) is 192 Å². The Bertz CT molecular complexity index is 1760. The number of rotatable bonds is 15. The number of hydrogen-bond donors (Lipinski definition) is 4. The predicted molar refractivity (Wildman–Crippen MR) is 196 cm³/mol. The molecule has 14 nitrogen and oxygen atoms in total. The van der Waals surface area contributed by atoms with Crippen molar-refractivity contribution in [1.29, 1.82) is 0 Å². The molecule has 0 aromatic heterocycles. The molecule has 0 radical (unpaired) electrons. The minimum Gasteiger partial charge on any atom is -0.289 e. The number of nitrogens with one attached hydrogen (secondary N) is 2. The summed E-state index contributed by atoms with van der Waals surface area (Å²) in [5.74, 6) is 8.63. The zero-order chi connectivity index (χ0) is 38.8. The Kier molecular flexibility index (Phi) is 18.8. The number of hydrogen-bond acceptors (Lipinski definition) is 11. The van der Waals surface area contributed by atoms with E-state index in [1.807, 2.05) is 20.8 Å². The average molecular weight is 781 g/mol. The summed E-state index contributed by atoms with van der Waals surface area (Å²) in [5, 5.41) is 18.3. The molecule has 2 aromatic carbocycles. The van der Waals surface area contributed by atoms with Crippen LogP contribution in [-0.2, 0) is 39.3 Å². The van der Waals surface area contributed by atoms with Gasteiger partial charge in [0.25, 0.3) is 31.9 Å². The van der Waals surface area contributed by atoms with Gasteiger partial charge in [-0.2, -0.15) is 11.8 Å². The van der Waals surface area contributed by atoms with E-state index in [2.05, 4.69) is 23.7 Å². The third-order valence-corrected chi connectivity index (χ3v) is 12.2. The number of nitrogens with zero attached hydrogens (tertiary/aromatic N) is 2. The molecule has 0 aliphatic heterocycles. The second kappa shape index (κ2) is 21.9. The number of carbonyl (C=O) groups excluding carboxylic acids is 2. The summed E-state index contributed by atoms with van der Waals surface area (Å²) in [6.07, 6.45) is 4.20. The molecule has 17 heteroatoms. The highest BCUT2D eigenvalue weighted by molar-refractivity contribution is 8.00. The lowest BCUT2D eigenvalue weighted by Gasteiger charge is -2.35. The molecular weight excluding hydrogens is 733 g/mol. The fourth-order valence-corrected chi connectivity index (χ4v) is 8.90. The first-order valence-electron chi connectivity index (χ1n) is 16.4. The van der Waals surface area contributed by atoms with E-state index >= 15 is 0 Å². The van der Waals surface area contributed by atoms with E-state index in [1.165, 1.54) is 41.5 Å². The van der Waals surface area contributed by atoms with Crippen molar-refractivity contribution < 1.29 is 46.5 Å². The smallest absolute Gasteiger partial charge is 0.265 e. The summed E-state index contributed by atoms with van der Waals surface area (Å²) in [6, 6.07) is 13.0. The largest absolute Gasteiger partial charge is 0.289 e. The number of hydroxylamine groups is 4. The number of sulfonamides is 2. The van der Waals surface area contributed by atoms with Crippen LogP contribution < -0.4 is 11.0 Å². The lowest BCUT2D eigenvalue weighted by molar-refractivity contribution is -0.157. The number of benzene rings is 2. The van der Waals surface area contributed by atoms with E-state index in [-0.39, 0.29) is 39.4 Å². The van der Waals surface area contributed by atoms with Gasteiger partial charge in [-0.1, -0.05) is 97.2 Å².